The first kappa shape index (κ1) is 21.2. The van der Waals surface area contributed by atoms with Crippen LogP contribution >= 0.6 is 23.2 Å². The van der Waals surface area contributed by atoms with Gasteiger partial charge in [-0.15, -0.1) is 0 Å². The first-order valence-electron chi connectivity index (χ1n) is 9.01. The Balaban J connectivity index is 0.00000117. The molecular formula is C21H27Cl2NO2. The fourth-order valence-corrected chi connectivity index (χ4v) is 3.64. The molecule has 1 atom stereocenters. The predicted octanol–water partition coefficient (Wildman–Crippen LogP) is 5.74. The average molecular weight is 396 g/mol. The molecule has 1 aliphatic heterocycles. The first-order chi connectivity index (χ1) is 12.6. The molecule has 1 aliphatic rings. The third-order valence-electron chi connectivity index (χ3n) is 4.70. The van der Waals surface area contributed by atoms with E-state index in [-0.39, 0.29) is 0 Å². The largest absolute Gasteiger partial charge is 0.343 e. The first-order valence-corrected chi connectivity index (χ1v) is 9.76. The van der Waals surface area contributed by atoms with E-state index in [1.165, 1.54) is 12.6 Å². The van der Waals surface area contributed by atoms with E-state index in [1.807, 2.05) is 12.1 Å². The van der Waals surface area contributed by atoms with Gasteiger partial charge in [0.25, 0.3) is 0 Å². The summed E-state index contributed by atoms with van der Waals surface area (Å²) in [5.74, 6) is -0.227. The molecule has 0 saturated carbocycles. The number of rotatable bonds is 6. The van der Waals surface area contributed by atoms with E-state index in [9.17, 15) is 0 Å². The summed E-state index contributed by atoms with van der Waals surface area (Å²) in [5.41, 5.74) is 6.81. The number of hydrogen-bond donors (Lipinski definition) is 1. The fourth-order valence-electron chi connectivity index (χ4n) is 3.34. The van der Waals surface area contributed by atoms with E-state index in [4.69, 9.17) is 32.7 Å². The van der Waals surface area contributed by atoms with Crippen molar-refractivity contribution in [2.24, 2.45) is 5.73 Å². The van der Waals surface area contributed by atoms with E-state index in [1.54, 1.807) is 6.07 Å². The van der Waals surface area contributed by atoms with Gasteiger partial charge in [-0.25, -0.2) is 0 Å². The van der Waals surface area contributed by atoms with Gasteiger partial charge in [0.1, 0.15) is 0 Å². The van der Waals surface area contributed by atoms with Crippen molar-refractivity contribution < 1.29 is 9.47 Å². The van der Waals surface area contributed by atoms with Gasteiger partial charge in [0.15, 0.2) is 5.79 Å². The van der Waals surface area contributed by atoms with Crippen LogP contribution in [0.4, 0.5) is 0 Å². The molecule has 0 bridgehead atoms. The molecule has 0 amide bonds. The van der Waals surface area contributed by atoms with E-state index < -0.39 is 5.79 Å². The average Bonchev–Trinajstić information content (AvgIpc) is 3.17. The third kappa shape index (κ3) is 4.99. The number of hydrogen-bond acceptors (Lipinski definition) is 3. The number of nitrogens with two attached hydrogens (primary N) is 1. The van der Waals surface area contributed by atoms with Crippen molar-refractivity contribution >= 4 is 23.2 Å². The van der Waals surface area contributed by atoms with Gasteiger partial charge in [0, 0.05) is 12.0 Å². The van der Waals surface area contributed by atoms with Gasteiger partial charge in [0.2, 0.25) is 0 Å². The van der Waals surface area contributed by atoms with Crippen LogP contribution in [0.1, 0.15) is 43.2 Å². The number of ether oxygens (including phenoxy) is 2. The molecule has 1 heterocycles. The standard InChI is InChI=1S/C20H22Cl2O2.CH5N/c1-2-15(16-6-4-3-5-7-16)10-11-20(23-12-13-24-20)17-8-9-18(21)19(22)14-17;1-2/h3-9,14-15H,2,10-13H2,1H3;2H2,1H3. The monoisotopic (exact) mass is 395 g/mol. The lowest BCUT2D eigenvalue weighted by Crippen LogP contribution is -2.28. The molecule has 142 valence electrons. The minimum absolute atomic E-state index is 0.485. The SMILES string of the molecule is CCC(CCC1(c2ccc(Cl)c(Cl)c2)OCCO1)c1ccccc1.CN. The second-order valence-electron chi connectivity index (χ2n) is 6.13. The van der Waals surface area contributed by atoms with Crippen molar-refractivity contribution in [1.29, 1.82) is 0 Å². The Kier molecular flexibility index (Phi) is 8.39. The van der Waals surface area contributed by atoms with Crippen LogP contribution in [0.5, 0.6) is 0 Å². The van der Waals surface area contributed by atoms with Gasteiger partial charge < -0.3 is 15.2 Å². The van der Waals surface area contributed by atoms with Crippen LogP contribution in [-0.2, 0) is 15.3 Å². The van der Waals surface area contributed by atoms with E-state index in [0.717, 1.165) is 24.8 Å². The summed E-state index contributed by atoms with van der Waals surface area (Å²) in [7, 11) is 1.50. The van der Waals surface area contributed by atoms with E-state index in [2.05, 4.69) is 43.0 Å². The second kappa shape index (κ2) is 10.3. The summed E-state index contributed by atoms with van der Waals surface area (Å²) in [6.45, 7) is 3.42. The summed E-state index contributed by atoms with van der Waals surface area (Å²) in [6, 6.07) is 16.2. The maximum absolute atomic E-state index is 6.20. The zero-order valence-electron chi connectivity index (χ0n) is 15.4. The molecule has 3 rings (SSSR count). The number of benzene rings is 2. The normalized spacial score (nSPS) is 16.7. The molecule has 2 aromatic rings. The third-order valence-corrected chi connectivity index (χ3v) is 5.44. The molecule has 26 heavy (non-hydrogen) atoms. The molecule has 0 aliphatic carbocycles. The van der Waals surface area contributed by atoms with Crippen molar-refractivity contribution in [2.45, 2.75) is 37.9 Å². The lowest BCUT2D eigenvalue weighted by Gasteiger charge is -2.30. The van der Waals surface area contributed by atoms with E-state index in [0.29, 0.717) is 29.2 Å². The molecule has 3 nitrogen and oxygen atoms in total. The lowest BCUT2D eigenvalue weighted by atomic mass is 9.88. The summed E-state index contributed by atoms with van der Waals surface area (Å²) in [4.78, 5) is 0. The van der Waals surface area contributed by atoms with Crippen LogP contribution in [0.25, 0.3) is 0 Å². The minimum atomic E-state index is -0.712. The topological polar surface area (TPSA) is 44.5 Å². The maximum Gasteiger partial charge on any atom is 0.195 e. The van der Waals surface area contributed by atoms with Crippen LogP contribution in [0.2, 0.25) is 10.0 Å². The van der Waals surface area contributed by atoms with Gasteiger partial charge in [-0.05, 0) is 43.5 Å². The molecule has 2 N–H and O–H groups in total. The Hall–Kier alpha value is -1.10. The molecular weight excluding hydrogens is 369 g/mol. The highest BCUT2D eigenvalue weighted by Crippen LogP contribution is 2.40. The maximum atomic E-state index is 6.20. The van der Waals surface area contributed by atoms with Crippen LogP contribution in [0.15, 0.2) is 48.5 Å². The van der Waals surface area contributed by atoms with Gasteiger partial charge in [-0.2, -0.15) is 0 Å². The minimum Gasteiger partial charge on any atom is -0.343 e. The zero-order valence-corrected chi connectivity index (χ0v) is 16.9. The summed E-state index contributed by atoms with van der Waals surface area (Å²) in [5, 5.41) is 1.08. The van der Waals surface area contributed by atoms with Gasteiger partial charge in [0.05, 0.1) is 23.3 Å². The molecule has 0 radical (unpaired) electrons. The predicted molar refractivity (Wildman–Crippen MR) is 109 cm³/mol. The number of halogens is 2. The van der Waals surface area contributed by atoms with Crippen molar-refractivity contribution in [3.05, 3.63) is 69.7 Å². The van der Waals surface area contributed by atoms with Gasteiger partial charge >= 0.3 is 0 Å². The fraction of sp³-hybridized carbons (Fsp3) is 0.429. The Morgan fingerprint density at radius 2 is 1.65 bits per heavy atom. The molecule has 1 fully saturated rings. The van der Waals surface area contributed by atoms with Gasteiger partial charge in [-0.3, -0.25) is 0 Å². The van der Waals surface area contributed by atoms with Crippen molar-refractivity contribution in [3.8, 4) is 0 Å². The molecule has 1 saturated heterocycles. The quantitative estimate of drug-likeness (QED) is 0.677. The van der Waals surface area contributed by atoms with Crippen LogP contribution in [0, 0.1) is 0 Å². The van der Waals surface area contributed by atoms with Crippen LogP contribution in [-0.4, -0.2) is 20.3 Å². The highest BCUT2D eigenvalue weighted by Gasteiger charge is 2.39. The van der Waals surface area contributed by atoms with Gasteiger partial charge in [-0.1, -0.05) is 66.5 Å². The molecule has 0 aromatic heterocycles. The lowest BCUT2D eigenvalue weighted by molar-refractivity contribution is -0.172. The van der Waals surface area contributed by atoms with Crippen molar-refractivity contribution in [1.82, 2.24) is 0 Å². The molecule has 2 aromatic carbocycles. The Bertz CT molecular complexity index is 673. The van der Waals surface area contributed by atoms with Crippen molar-refractivity contribution in [3.63, 3.8) is 0 Å². The Morgan fingerprint density at radius 3 is 2.23 bits per heavy atom. The van der Waals surface area contributed by atoms with Crippen molar-refractivity contribution in [2.75, 3.05) is 20.3 Å². The smallest absolute Gasteiger partial charge is 0.195 e. The highest BCUT2D eigenvalue weighted by molar-refractivity contribution is 6.42. The Morgan fingerprint density at radius 1 is 1.00 bits per heavy atom. The highest BCUT2D eigenvalue weighted by atomic mass is 35.5. The summed E-state index contributed by atoms with van der Waals surface area (Å²) >= 11 is 12.2. The molecule has 5 heteroatoms. The molecule has 0 spiro atoms. The van der Waals surface area contributed by atoms with Crippen LogP contribution in [0.3, 0.4) is 0 Å². The summed E-state index contributed by atoms with van der Waals surface area (Å²) in [6.07, 6.45) is 2.86. The zero-order chi connectivity index (χ0) is 19.0. The summed E-state index contributed by atoms with van der Waals surface area (Å²) < 4.78 is 12.1. The van der Waals surface area contributed by atoms with Crippen LogP contribution < -0.4 is 5.73 Å². The van der Waals surface area contributed by atoms with E-state index >= 15 is 0 Å². The second-order valence-corrected chi connectivity index (χ2v) is 6.95. The molecule has 1 unspecified atom stereocenters. The Labute approximate surface area is 166 Å².